The molecule has 0 heterocycles. The Labute approximate surface area is 174 Å². The standard InChI is InChI=1S/C29H30/c1-18(2)24-8-7-9-27-28(24)16-23(25-12-10-19(3)14-21(25)5)17-29(27)26-13-11-20(4)15-22(26)6/h9-17H,1,7-8H2,2-6H3. The number of hydrogen-bond donors (Lipinski definition) is 0. The van der Waals surface area contributed by atoms with Gasteiger partial charge in [-0.05, 0) is 109 Å². The highest BCUT2D eigenvalue weighted by Crippen LogP contribution is 2.29. The number of benzene rings is 3. The van der Waals surface area contributed by atoms with E-state index in [2.05, 4.69) is 95.8 Å². The van der Waals surface area contributed by atoms with Crippen molar-refractivity contribution in [2.45, 2.75) is 47.5 Å². The summed E-state index contributed by atoms with van der Waals surface area (Å²) in [5.41, 5.74) is 13.1. The Balaban J connectivity index is 2.12. The van der Waals surface area contributed by atoms with E-state index in [4.69, 9.17) is 0 Å². The molecular formula is C29H30. The zero-order valence-electron chi connectivity index (χ0n) is 18.3. The fourth-order valence-corrected chi connectivity index (χ4v) is 4.69. The van der Waals surface area contributed by atoms with Gasteiger partial charge in [-0.25, -0.2) is 0 Å². The lowest BCUT2D eigenvalue weighted by Gasteiger charge is -2.18. The molecule has 0 spiro atoms. The molecule has 29 heavy (non-hydrogen) atoms. The number of aryl methyl sites for hydroxylation is 4. The summed E-state index contributed by atoms with van der Waals surface area (Å²) in [6.07, 6.45) is 4.57. The van der Waals surface area contributed by atoms with E-state index in [-0.39, 0.29) is 0 Å². The second kappa shape index (κ2) is 7.52. The van der Waals surface area contributed by atoms with Crippen LogP contribution in [0.5, 0.6) is 0 Å². The van der Waals surface area contributed by atoms with Crippen molar-refractivity contribution in [3.8, 4) is 22.3 Å². The Morgan fingerprint density at radius 3 is 1.97 bits per heavy atom. The Kier molecular flexibility index (Phi) is 5.04. The summed E-state index contributed by atoms with van der Waals surface area (Å²) in [5.74, 6) is 0. The average Bonchev–Trinajstić information content (AvgIpc) is 2.66. The molecule has 1 aliphatic carbocycles. The molecule has 0 fully saturated rings. The van der Waals surface area contributed by atoms with Crippen molar-refractivity contribution in [1.29, 1.82) is 0 Å². The molecule has 0 saturated heterocycles. The highest BCUT2D eigenvalue weighted by Gasteiger charge is 2.14. The van der Waals surface area contributed by atoms with Gasteiger partial charge in [0.25, 0.3) is 0 Å². The molecule has 3 aromatic carbocycles. The van der Waals surface area contributed by atoms with E-state index in [1.54, 1.807) is 0 Å². The van der Waals surface area contributed by atoms with Crippen molar-refractivity contribution in [2.24, 2.45) is 0 Å². The molecule has 0 unspecified atom stereocenters. The largest absolute Gasteiger partial charge is 0.0958 e. The van der Waals surface area contributed by atoms with Crippen LogP contribution in [0.2, 0.25) is 0 Å². The van der Waals surface area contributed by atoms with Crippen LogP contribution in [0.25, 0.3) is 33.9 Å². The van der Waals surface area contributed by atoms with Crippen LogP contribution < -0.4 is 10.4 Å². The molecule has 0 aromatic heterocycles. The molecule has 0 nitrogen and oxygen atoms in total. The van der Waals surface area contributed by atoms with E-state index in [9.17, 15) is 0 Å². The van der Waals surface area contributed by atoms with Gasteiger partial charge in [-0.3, -0.25) is 0 Å². The topological polar surface area (TPSA) is 0 Å². The molecule has 0 atom stereocenters. The van der Waals surface area contributed by atoms with Crippen molar-refractivity contribution in [1.82, 2.24) is 0 Å². The van der Waals surface area contributed by atoms with E-state index >= 15 is 0 Å². The predicted molar refractivity (Wildman–Crippen MR) is 127 cm³/mol. The predicted octanol–water partition coefficient (Wildman–Crippen LogP) is 6.56. The quantitative estimate of drug-likeness (QED) is 0.484. The van der Waals surface area contributed by atoms with E-state index in [1.165, 1.54) is 66.1 Å². The van der Waals surface area contributed by atoms with Crippen molar-refractivity contribution in [3.05, 3.63) is 93.4 Å². The maximum Gasteiger partial charge on any atom is -0.00997 e. The number of allylic oxidation sites excluding steroid dienone is 1. The zero-order valence-corrected chi connectivity index (χ0v) is 18.3. The third-order valence-corrected chi connectivity index (χ3v) is 6.13. The molecule has 0 aliphatic heterocycles. The van der Waals surface area contributed by atoms with Crippen LogP contribution in [0.15, 0.2) is 60.7 Å². The van der Waals surface area contributed by atoms with Gasteiger partial charge in [-0.15, -0.1) is 0 Å². The maximum absolute atomic E-state index is 4.29. The van der Waals surface area contributed by atoms with Gasteiger partial charge < -0.3 is 0 Å². The van der Waals surface area contributed by atoms with E-state index in [0.29, 0.717) is 0 Å². The fraction of sp³-hybridized carbons (Fsp3) is 0.241. The van der Waals surface area contributed by atoms with Crippen LogP contribution in [-0.2, 0) is 0 Å². The van der Waals surface area contributed by atoms with Crippen molar-refractivity contribution in [3.63, 3.8) is 0 Å². The molecule has 0 radical (unpaired) electrons. The first kappa shape index (κ1) is 19.5. The highest BCUT2D eigenvalue weighted by atomic mass is 14.2. The summed E-state index contributed by atoms with van der Waals surface area (Å²) in [5, 5.41) is 2.73. The van der Waals surface area contributed by atoms with Crippen LogP contribution in [0.4, 0.5) is 0 Å². The normalized spacial score (nSPS) is 13.1. The molecule has 146 valence electrons. The van der Waals surface area contributed by atoms with Crippen LogP contribution in [0, 0.1) is 27.7 Å². The second-order valence-electron chi connectivity index (χ2n) is 8.62. The fourth-order valence-electron chi connectivity index (χ4n) is 4.69. The monoisotopic (exact) mass is 378 g/mol. The van der Waals surface area contributed by atoms with Gasteiger partial charge in [0.15, 0.2) is 0 Å². The minimum Gasteiger partial charge on any atom is -0.0958 e. The van der Waals surface area contributed by atoms with Gasteiger partial charge in [-0.2, -0.15) is 0 Å². The summed E-state index contributed by atoms with van der Waals surface area (Å²) in [6, 6.07) is 18.4. The van der Waals surface area contributed by atoms with Gasteiger partial charge in [0.1, 0.15) is 0 Å². The van der Waals surface area contributed by atoms with E-state index in [0.717, 1.165) is 12.8 Å². The minimum absolute atomic E-state index is 1.07. The average molecular weight is 379 g/mol. The first-order valence-electron chi connectivity index (χ1n) is 10.5. The number of fused-ring (bicyclic) bond motifs is 1. The summed E-state index contributed by atoms with van der Waals surface area (Å²) in [4.78, 5) is 0. The van der Waals surface area contributed by atoms with Crippen LogP contribution in [-0.4, -0.2) is 0 Å². The lowest BCUT2D eigenvalue weighted by atomic mass is 9.86. The Morgan fingerprint density at radius 2 is 1.38 bits per heavy atom. The second-order valence-corrected chi connectivity index (χ2v) is 8.62. The van der Waals surface area contributed by atoms with Crippen molar-refractivity contribution >= 4 is 11.6 Å². The third-order valence-electron chi connectivity index (χ3n) is 6.13. The Morgan fingerprint density at radius 1 is 0.759 bits per heavy atom. The van der Waals surface area contributed by atoms with Gasteiger partial charge in [-0.1, -0.05) is 65.8 Å². The van der Waals surface area contributed by atoms with Gasteiger partial charge >= 0.3 is 0 Å². The molecule has 3 aromatic rings. The zero-order chi connectivity index (χ0) is 20.7. The molecular weight excluding hydrogens is 348 g/mol. The van der Waals surface area contributed by atoms with Gasteiger partial charge in [0, 0.05) is 0 Å². The smallest absolute Gasteiger partial charge is 0.00997 e. The highest BCUT2D eigenvalue weighted by molar-refractivity contribution is 5.80. The molecule has 0 N–H and O–H groups in total. The molecule has 0 bridgehead atoms. The third kappa shape index (κ3) is 3.60. The van der Waals surface area contributed by atoms with Crippen LogP contribution in [0.3, 0.4) is 0 Å². The van der Waals surface area contributed by atoms with Gasteiger partial charge in [0.2, 0.25) is 0 Å². The van der Waals surface area contributed by atoms with Gasteiger partial charge in [0.05, 0.1) is 0 Å². The molecule has 0 saturated carbocycles. The van der Waals surface area contributed by atoms with Crippen LogP contribution >= 0.6 is 0 Å². The summed E-state index contributed by atoms with van der Waals surface area (Å²) in [6.45, 7) is 15.2. The van der Waals surface area contributed by atoms with Crippen LogP contribution in [0.1, 0.15) is 42.0 Å². The SMILES string of the molecule is C=C(C)C1=c2cc(-c3ccc(C)cc3C)cc(-c3ccc(C)cc3C)c2=CCC1. The Hall–Kier alpha value is -2.86. The first-order chi connectivity index (χ1) is 13.8. The summed E-state index contributed by atoms with van der Waals surface area (Å²) < 4.78 is 0. The number of rotatable bonds is 3. The van der Waals surface area contributed by atoms with Crippen molar-refractivity contribution < 1.29 is 0 Å². The lowest BCUT2D eigenvalue weighted by Crippen LogP contribution is -2.32. The molecule has 0 amide bonds. The summed E-state index contributed by atoms with van der Waals surface area (Å²) >= 11 is 0. The van der Waals surface area contributed by atoms with E-state index < -0.39 is 0 Å². The first-order valence-corrected chi connectivity index (χ1v) is 10.5. The lowest BCUT2D eigenvalue weighted by molar-refractivity contribution is 1.07. The Bertz CT molecular complexity index is 1250. The molecule has 1 aliphatic rings. The van der Waals surface area contributed by atoms with E-state index in [1.807, 2.05) is 0 Å². The molecule has 4 rings (SSSR count). The maximum atomic E-state index is 4.29. The summed E-state index contributed by atoms with van der Waals surface area (Å²) in [7, 11) is 0. The molecule has 0 heteroatoms. The number of hydrogen-bond acceptors (Lipinski definition) is 0. The van der Waals surface area contributed by atoms with Crippen molar-refractivity contribution in [2.75, 3.05) is 0 Å². The minimum atomic E-state index is 1.07.